The summed E-state index contributed by atoms with van der Waals surface area (Å²) in [5.74, 6) is -0.422. The van der Waals surface area contributed by atoms with Gasteiger partial charge in [0.2, 0.25) is 5.91 Å². The van der Waals surface area contributed by atoms with Crippen molar-refractivity contribution >= 4 is 23.9 Å². The highest BCUT2D eigenvalue weighted by Gasteiger charge is 2.26. The van der Waals surface area contributed by atoms with Gasteiger partial charge in [0, 0.05) is 31.1 Å². The summed E-state index contributed by atoms with van der Waals surface area (Å²) in [6.45, 7) is 3.93. The van der Waals surface area contributed by atoms with Crippen molar-refractivity contribution in [3.63, 3.8) is 0 Å². The number of nitrogens with one attached hydrogen (secondary N) is 2. The third-order valence-electron chi connectivity index (χ3n) is 5.53. The predicted molar refractivity (Wildman–Crippen MR) is 125 cm³/mol. The molecule has 10 nitrogen and oxygen atoms in total. The Balaban J connectivity index is 1.70. The van der Waals surface area contributed by atoms with E-state index in [4.69, 9.17) is 15.7 Å². The summed E-state index contributed by atoms with van der Waals surface area (Å²) in [4.78, 5) is 32.2. The van der Waals surface area contributed by atoms with Crippen molar-refractivity contribution in [2.45, 2.75) is 26.5 Å². The number of pyridine rings is 1. The number of aromatic nitrogens is 1. The standard InChI is InChI=1S/C24H26N6O4/c1-14-5-22(29-10-17(14)7-26)28-9-16(6-25)8-27-11-21(30-23(32)12-31)18-3-4-19-20(15(18)2)13-34-24(19)33/h3-6,9-10,21,27,31H,8,11-13,25H2,1-2H3,(H,30,32). The molecule has 0 saturated heterocycles. The molecular weight excluding hydrogens is 436 g/mol. The lowest BCUT2D eigenvalue weighted by Crippen LogP contribution is -2.38. The van der Waals surface area contributed by atoms with Crippen LogP contribution in [0.25, 0.3) is 0 Å². The Morgan fingerprint density at radius 2 is 2.24 bits per heavy atom. The molecular formula is C24H26N6O4. The van der Waals surface area contributed by atoms with Crippen molar-refractivity contribution in [1.82, 2.24) is 15.6 Å². The largest absolute Gasteiger partial charge is 0.457 e. The molecule has 176 valence electrons. The van der Waals surface area contributed by atoms with Crippen LogP contribution in [0.3, 0.4) is 0 Å². The van der Waals surface area contributed by atoms with Gasteiger partial charge in [0.25, 0.3) is 0 Å². The highest BCUT2D eigenvalue weighted by atomic mass is 16.5. The summed E-state index contributed by atoms with van der Waals surface area (Å²) in [7, 11) is 0. The molecule has 2 aromatic rings. The molecule has 0 radical (unpaired) electrons. The van der Waals surface area contributed by atoms with Crippen LogP contribution in [0, 0.1) is 25.2 Å². The van der Waals surface area contributed by atoms with E-state index in [9.17, 15) is 14.7 Å². The van der Waals surface area contributed by atoms with Crippen LogP contribution >= 0.6 is 0 Å². The normalized spacial score (nSPS) is 13.9. The summed E-state index contributed by atoms with van der Waals surface area (Å²) >= 11 is 0. The monoisotopic (exact) mass is 462 g/mol. The minimum Gasteiger partial charge on any atom is -0.457 e. The van der Waals surface area contributed by atoms with Gasteiger partial charge in [-0.15, -0.1) is 0 Å². The second-order valence-corrected chi connectivity index (χ2v) is 7.76. The van der Waals surface area contributed by atoms with Gasteiger partial charge in [-0.25, -0.2) is 14.8 Å². The Morgan fingerprint density at radius 3 is 2.91 bits per heavy atom. The lowest BCUT2D eigenvalue weighted by Gasteiger charge is -2.22. The number of carbonyl (C=O) groups excluding carboxylic acids is 2. The van der Waals surface area contributed by atoms with E-state index < -0.39 is 18.6 Å². The molecule has 1 aromatic heterocycles. The Morgan fingerprint density at radius 1 is 1.44 bits per heavy atom. The van der Waals surface area contributed by atoms with Crippen molar-refractivity contribution in [2.24, 2.45) is 10.7 Å². The van der Waals surface area contributed by atoms with Crippen LogP contribution in [0.2, 0.25) is 0 Å². The average Bonchev–Trinajstić information content (AvgIpc) is 3.22. The maximum absolute atomic E-state index is 11.9. The fourth-order valence-corrected chi connectivity index (χ4v) is 3.61. The van der Waals surface area contributed by atoms with Gasteiger partial charge in [-0.2, -0.15) is 5.26 Å². The number of nitrogens with zero attached hydrogens (tertiary/aromatic N) is 3. The molecule has 0 spiro atoms. The van der Waals surface area contributed by atoms with Crippen molar-refractivity contribution in [3.05, 3.63) is 69.5 Å². The van der Waals surface area contributed by atoms with Gasteiger partial charge in [0.15, 0.2) is 5.82 Å². The summed E-state index contributed by atoms with van der Waals surface area (Å²) in [6.07, 6.45) is 4.46. The van der Waals surface area contributed by atoms with Crippen LogP contribution in [0.5, 0.6) is 0 Å². The van der Waals surface area contributed by atoms with Crippen molar-refractivity contribution in [1.29, 1.82) is 5.26 Å². The number of amides is 1. The number of hydrogen-bond donors (Lipinski definition) is 4. The quantitative estimate of drug-likeness (QED) is 0.319. The summed E-state index contributed by atoms with van der Waals surface area (Å²) in [5.41, 5.74) is 10.7. The van der Waals surface area contributed by atoms with Crippen LogP contribution in [0.1, 0.15) is 44.2 Å². The molecule has 1 aliphatic rings. The number of rotatable bonds is 9. The Hall–Kier alpha value is -4.07. The number of carbonyl (C=O) groups is 2. The maximum Gasteiger partial charge on any atom is 0.338 e. The van der Waals surface area contributed by atoms with Crippen LogP contribution in [0.4, 0.5) is 5.82 Å². The molecule has 10 heteroatoms. The lowest BCUT2D eigenvalue weighted by atomic mass is 9.94. The molecule has 1 atom stereocenters. The summed E-state index contributed by atoms with van der Waals surface area (Å²) < 4.78 is 5.11. The van der Waals surface area contributed by atoms with E-state index in [0.717, 1.165) is 22.3 Å². The number of aliphatic imine (C=N–C) groups is 1. The van der Waals surface area contributed by atoms with Crippen molar-refractivity contribution in [2.75, 3.05) is 19.7 Å². The first-order chi connectivity index (χ1) is 16.4. The van der Waals surface area contributed by atoms with Gasteiger partial charge >= 0.3 is 5.97 Å². The third kappa shape index (κ3) is 5.64. The SMILES string of the molecule is Cc1cc(N=CC(=CN)CNCC(NC(=O)CO)c2ccc3c(c2C)COC3=O)ncc1C#N. The molecule has 5 N–H and O–H groups in total. The molecule has 1 amide bonds. The maximum atomic E-state index is 11.9. The molecule has 2 heterocycles. The topological polar surface area (TPSA) is 163 Å². The van der Waals surface area contributed by atoms with E-state index in [1.807, 2.05) is 13.8 Å². The van der Waals surface area contributed by atoms with E-state index in [1.54, 1.807) is 24.4 Å². The minimum atomic E-state index is -0.639. The van der Waals surface area contributed by atoms with Gasteiger partial charge in [-0.1, -0.05) is 6.07 Å². The van der Waals surface area contributed by atoms with Gasteiger partial charge in [0.05, 0.1) is 17.2 Å². The zero-order chi connectivity index (χ0) is 24.7. The first-order valence-electron chi connectivity index (χ1n) is 10.6. The Bertz CT molecular complexity index is 1200. The number of cyclic esters (lactones) is 1. The number of nitriles is 1. The van der Waals surface area contributed by atoms with Crippen LogP contribution < -0.4 is 16.4 Å². The summed E-state index contributed by atoms with van der Waals surface area (Å²) in [5, 5.41) is 24.3. The predicted octanol–water partition coefficient (Wildman–Crippen LogP) is 1.22. The average molecular weight is 463 g/mol. The molecule has 1 aliphatic heterocycles. The number of esters is 1. The van der Waals surface area contributed by atoms with Crippen LogP contribution in [0.15, 0.2) is 41.2 Å². The second-order valence-electron chi connectivity index (χ2n) is 7.76. The zero-order valence-electron chi connectivity index (χ0n) is 19.0. The van der Waals surface area contributed by atoms with E-state index in [0.29, 0.717) is 35.6 Å². The fraction of sp³-hybridized carbons (Fsp3) is 0.292. The second kappa shape index (κ2) is 11.2. The number of ether oxygens (including phenoxy) is 1. The lowest BCUT2D eigenvalue weighted by molar-refractivity contribution is -0.124. The summed E-state index contributed by atoms with van der Waals surface area (Å²) in [6, 6.07) is 6.79. The number of aliphatic hydroxyl groups is 1. The molecule has 0 fully saturated rings. The number of hydrogen-bond acceptors (Lipinski definition) is 9. The Labute approximate surface area is 197 Å². The highest BCUT2D eigenvalue weighted by molar-refractivity contribution is 5.94. The van der Waals surface area contributed by atoms with E-state index >= 15 is 0 Å². The molecule has 34 heavy (non-hydrogen) atoms. The number of aliphatic hydroxyl groups excluding tert-OH is 1. The van der Waals surface area contributed by atoms with Crippen molar-refractivity contribution < 1.29 is 19.4 Å². The molecule has 0 saturated carbocycles. The van der Waals surface area contributed by atoms with E-state index in [1.165, 1.54) is 12.4 Å². The van der Waals surface area contributed by atoms with Crippen LogP contribution in [-0.2, 0) is 16.1 Å². The van der Waals surface area contributed by atoms with Gasteiger partial charge in [-0.3, -0.25) is 4.79 Å². The number of fused-ring (bicyclic) bond motifs is 1. The molecule has 0 aliphatic carbocycles. The Kier molecular flexibility index (Phi) is 8.08. The minimum absolute atomic E-state index is 0.196. The third-order valence-corrected chi connectivity index (χ3v) is 5.53. The number of benzene rings is 1. The zero-order valence-corrected chi connectivity index (χ0v) is 19.0. The van der Waals surface area contributed by atoms with Gasteiger partial charge < -0.3 is 26.2 Å². The van der Waals surface area contributed by atoms with Crippen molar-refractivity contribution in [3.8, 4) is 6.07 Å². The first-order valence-corrected chi connectivity index (χ1v) is 10.6. The fourth-order valence-electron chi connectivity index (χ4n) is 3.61. The number of aryl methyl sites for hydroxylation is 1. The molecule has 1 aromatic carbocycles. The molecule has 0 bridgehead atoms. The molecule has 3 rings (SSSR count). The molecule has 1 unspecified atom stereocenters. The number of nitrogens with two attached hydrogens (primary N) is 1. The smallest absolute Gasteiger partial charge is 0.338 e. The van der Waals surface area contributed by atoms with Crippen LogP contribution in [-0.4, -0.2) is 47.9 Å². The van der Waals surface area contributed by atoms with Gasteiger partial charge in [-0.05, 0) is 54.4 Å². The van der Waals surface area contributed by atoms with E-state index in [-0.39, 0.29) is 12.6 Å². The van der Waals surface area contributed by atoms with E-state index in [2.05, 4.69) is 26.7 Å². The highest BCUT2D eigenvalue weighted by Crippen LogP contribution is 2.29. The van der Waals surface area contributed by atoms with Gasteiger partial charge in [0.1, 0.15) is 19.3 Å². The first kappa shape index (κ1) is 24.6.